The number of hydrogen-bond acceptors (Lipinski definition) is 3. The van der Waals surface area contributed by atoms with Gasteiger partial charge in [-0.1, -0.05) is 19.3 Å². The largest absolute Gasteiger partial charge is 0.469 e. The summed E-state index contributed by atoms with van der Waals surface area (Å²) in [5, 5.41) is 0. The van der Waals surface area contributed by atoms with Crippen LogP contribution in [-0.4, -0.2) is 63.6 Å². The summed E-state index contributed by atoms with van der Waals surface area (Å²) in [7, 11) is 9.46. The van der Waals surface area contributed by atoms with Gasteiger partial charge in [-0.25, -0.2) is 0 Å². The molecule has 0 N–H and O–H groups in total. The van der Waals surface area contributed by atoms with E-state index in [1.807, 2.05) is 38.0 Å². The summed E-state index contributed by atoms with van der Waals surface area (Å²) in [6.07, 6.45) is 5.98. The molecule has 5 nitrogen and oxygen atoms in total. The van der Waals surface area contributed by atoms with Crippen LogP contribution in [0.25, 0.3) is 0 Å². The Bertz CT molecular complexity index is 266. The van der Waals surface area contributed by atoms with Crippen molar-refractivity contribution in [2.75, 3.05) is 41.8 Å². The zero-order valence-corrected chi connectivity index (χ0v) is 13.1. The van der Waals surface area contributed by atoms with Gasteiger partial charge in [0, 0.05) is 41.2 Å². The van der Waals surface area contributed by atoms with Crippen LogP contribution in [0.5, 0.6) is 0 Å². The van der Waals surface area contributed by atoms with Crippen molar-refractivity contribution >= 4 is 11.9 Å². The molecule has 0 fully saturated rings. The van der Waals surface area contributed by atoms with Gasteiger partial charge in [0.2, 0.25) is 0 Å². The predicted molar refractivity (Wildman–Crippen MR) is 79.4 cm³/mol. The lowest BCUT2D eigenvalue weighted by atomic mass is 10.1. The van der Waals surface area contributed by atoms with Crippen molar-refractivity contribution in [1.29, 1.82) is 0 Å². The van der Waals surface area contributed by atoms with Crippen LogP contribution in [0.4, 0.5) is 0 Å². The second-order valence-corrected chi connectivity index (χ2v) is 5.06. The minimum atomic E-state index is -0.105. The molecule has 0 saturated carbocycles. The highest BCUT2D eigenvalue weighted by Gasteiger charge is 2.03. The van der Waals surface area contributed by atoms with Crippen molar-refractivity contribution in [3.8, 4) is 0 Å². The van der Waals surface area contributed by atoms with Crippen LogP contribution >= 0.6 is 0 Å². The molecule has 0 aromatic rings. The van der Waals surface area contributed by atoms with E-state index >= 15 is 0 Å². The maximum absolute atomic E-state index is 10.9. The minimum absolute atomic E-state index is 0.105. The normalized spacial score (nSPS) is 9.95. The molecule has 112 valence electrons. The van der Waals surface area contributed by atoms with Gasteiger partial charge in [0.1, 0.15) is 0 Å². The molecule has 0 aromatic carbocycles. The third-order valence-electron chi connectivity index (χ3n) is 2.82. The fourth-order valence-electron chi connectivity index (χ4n) is 1.88. The average Bonchev–Trinajstić information content (AvgIpc) is 2.35. The quantitative estimate of drug-likeness (QED) is 0.293. The molecule has 0 heterocycles. The highest BCUT2D eigenvalue weighted by Crippen LogP contribution is 2.06. The van der Waals surface area contributed by atoms with Crippen molar-refractivity contribution in [3.63, 3.8) is 0 Å². The van der Waals surface area contributed by atoms with Gasteiger partial charge in [0.25, 0.3) is 0 Å². The number of nitrogens with zero attached hydrogens (tertiary/aromatic N) is 3. The lowest BCUT2D eigenvalue weighted by Crippen LogP contribution is -2.35. The Morgan fingerprint density at radius 2 is 1.47 bits per heavy atom. The molecule has 0 spiro atoms. The third kappa shape index (κ3) is 9.33. The Labute approximate surface area is 117 Å². The second-order valence-electron chi connectivity index (χ2n) is 5.06. The van der Waals surface area contributed by atoms with Crippen LogP contribution in [0.15, 0.2) is 4.99 Å². The molecule has 0 bridgehead atoms. The number of carbonyl (C=O) groups excluding carboxylic acids is 1. The number of hydrogen-bond donors (Lipinski definition) is 0. The SMILES string of the molecule is COC(=O)CCCCCCCN=C(N(C)C)N(C)C. The molecule has 0 radical (unpaired) electrons. The summed E-state index contributed by atoms with van der Waals surface area (Å²) in [5.41, 5.74) is 0. The van der Waals surface area contributed by atoms with E-state index in [0.29, 0.717) is 6.42 Å². The van der Waals surface area contributed by atoms with Crippen molar-refractivity contribution < 1.29 is 9.53 Å². The van der Waals surface area contributed by atoms with E-state index < -0.39 is 0 Å². The fraction of sp³-hybridized carbons (Fsp3) is 0.857. The fourth-order valence-corrected chi connectivity index (χ4v) is 1.88. The van der Waals surface area contributed by atoms with Gasteiger partial charge < -0.3 is 14.5 Å². The first-order chi connectivity index (χ1) is 8.99. The van der Waals surface area contributed by atoms with Crippen LogP contribution in [0.3, 0.4) is 0 Å². The Morgan fingerprint density at radius 3 is 2.00 bits per heavy atom. The topological polar surface area (TPSA) is 45.1 Å². The molecule has 0 aliphatic rings. The molecule has 0 atom stereocenters. The summed E-state index contributed by atoms with van der Waals surface area (Å²) in [5.74, 6) is 0.900. The average molecular weight is 271 g/mol. The summed E-state index contributed by atoms with van der Waals surface area (Å²) in [6, 6.07) is 0. The van der Waals surface area contributed by atoms with Crippen LogP contribution < -0.4 is 0 Å². The first-order valence-corrected chi connectivity index (χ1v) is 6.95. The molecular weight excluding hydrogens is 242 g/mol. The Kier molecular flexibility index (Phi) is 9.94. The van der Waals surface area contributed by atoms with E-state index in [4.69, 9.17) is 0 Å². The standard InChI is InChI=1S/C14H29N3O2/c1-16(2)14(17(3)4)15-12-10-8-6-7-9-11-13(18)19-5/h6-12H2,1-5H3. The molecule has 0 unspecified atom stereocenters. The highest BCUT2D eigenvalue weighted by molar-refractivity contribution is 5.79. The van der Waals surface area contributed by atoms with E-state index in [-0.39, 0.29) is 5.97 Å². The number of carbonyl (C=O) groups is 1. The monoisotopic (exact) mass is 271 g/mol. The molecule has 5 heteroatoms. The first-order valence-electron chi connectivity index (χ1n) is 6.95. The molecule has 19 heavy (non-hydrogen) atoms. The zero-order valence-electron chi connectivity index (χ0n) is 13.1. The van der Waals surface area contributed by atoms with E-state index in [1.54, 1.807) is 0 Å². The maximum atomic E-state index is 10.9. The van der Waals surface area contributed by atoms with E-state index in [0.717, 1.165) is 38.2 Å². The molecule has 0 amide bonds. The summed E-state index contributed by atoms with van der Waals surface area (Å²) < 4.78 is 4.60. The highest BCUT2D eigenvalue weighted by atomic mass is 16.5. The van der Waals surface area contributed by atoms with Gasteiger partial charge >= 0.3 is 5.97 Å². The number of guanidine groups is 1. The lowest BCUT2D eigenvalue weighted by molar-refractivity contribution is -0.140. The van der Waals surface area contributed by atoms with Gasteiger partial charge in [-0.15, -0.1) is 0 Å². The molecule has 0 aliphatic heterocycles. The number of rotatable bonds is 8. The summed E-state index contributed by atoms with van der Waals surface area (Å²) in [6.45, 7) is 0.864. The molecule has 0 saturated heterocycles. The number of unbranched alkanes of at least 4 members (excludes halogenated alkanes) is 4. The van der Waals surface area contributed by atoms with E-state index in [2.05, 4.69) is 9.73 Å². The van der Waals surface area contributed by atoms with Gasteiger partial charge in [0.15, 0.2) is 5.96 Å². The first kappa shape index (κ1) is 17.7. The summed E-state index contributed by atoms with van der Waals surface area (Å²) in [4.78, 5) is 19.5. The predicted octanol–water partition coefficient (Wildman–Crippen LogP) is 1.98. The van der Waals surface area contributed by atoms with Gasteiger partial charge in [-0.3, -0.25) is 9.79 Å². The Morgan fingerprint density at radius 1 is 0.947 bits per heavy atom. The zero-order chi connectivity index (χ0) is 14.7. The Balaban J connectivity index is 3.59. The van der Waals surface area contributed by atoms with Crippen LogP contribution in [-0.2, 0) is 9.53 Å². The number of methoxy groups -OCH3 is 1. The summed E-state index contributed by atoms with van der Waals surface area (Å²) >= 11 is 0. The Hall–Kier alpha value is -1.26. The van der Waals surface area contributed by atoms with Gasteiger partial charge in [-0.2, -0.15) is 0 Å². The minimum Gasteiger partial charge on any atom is -0.469 e. The van der Waals surface area contributed by atoms with Gasteiger partial charge in [0.05, 0.1) is 7.11 Å². The van der Waals surface area contributed by atoms with E-state index in [9.17, 15) is 4.79 Å². The van der Waals surface area contributed by atoms with Crippen molar-refractivity contribution in [1.82, 2.24) is 9.80 Å². The maximum Gasteiger partial charge on any atom is 0.305 e. The molecular formula is C14H29N3O2. The van der Waals surface area contributed by atoms with E-state index in [1.165, 1.54) is 13.5 Å². The van der Waals surface area contributed by atoms with Crippen molar-refractivity contribution in [2.45, 2.75) is 38.5 Å². The second kappa shape index (κ2) is 10.6. The van der Waals surface area contributed by atoms with Crippen LogP contribution in [0.1, 0.15) is 38.5 Å². The third-order valence-corrected chi connectivity index (χ3v) is 2.82. The van der Waals surface area contributed by atoms with Gasteiger partial charge in [-0.05, 0) is 12.8 Å². The number of ether oxygens (including phenoxy) is 1. The van der Waals surface area contributed by atoms with Crippen molar-refractivity contribution in [2.24, 2.45) is 4.99 Å². The molecule has 0 rings (SSSR count). The van der Waals surface area contributed by atoms with Crippen LogP contribution in [0.2, 0.25) is 0 Å². The number of aliphatic imine (C=N–C) groups is 1. The van der Waals surface area contributed by atoms with Crippen LogP contribution in [0, 0.1) is 0 Å². The molecule has 0 aromatic heterocycles. The lowest BCUT2D eigenvalue weighted by Gasteiger charge is -2.22. The molecule has 0 aliphatic carbocycles. The number of esters is 1. The smallest absolute Gasteiger partial charge is 0.305 e. The van der Waals surface area contributed by atoms with Crippen molar-refractivity contribution in [3.05, 3.63) is 0 Å².